The van der Waals surface area contributed by atoms with Crippen molar-refractivity contribution in [1.82, 2.24) is 4.90 Å². The number of likely N-dealkylation sites (tertiary alicyclic amines) is 1. The number of ether oxygens (including phenoxy) is 1. The van der Waals surface area contributed by atoms with Crippen molar-refractivity contribution in [3.63, 3.8) is 0 Å². The largest absolute Gasteiger partial charge is 0.467 e. The van der Waals surface area contributed by atoms with Gasteiger partial charge >= 0.3 is 5.97 Å². The predicted octanol–water partition coefficient (Wildman–Crippen LogP) is 3.56. The molecule has 4 nitrogen and oxygen atoms in total. The molecule has 1 aliphatic heterocycles. The molecular formula is C19H25NO3. The Balaban J connectivity index is 1.96. The Kier molecular flexibility index (Phi) is 4.69. The van der Waals surface area contributed by atoms with Crippen molar-refractivity contribution in [2.75, 3.05) is 7.11 Å². The average Bonchev–Trinajstić information content (AvgIpc) is 2.79. The smallest absolute Gasteiger partial charge is 0.328 e. The van der Waals surface area contributed by atoms with E-state index in [1.165, 1.54) is 20.0 Å². The summed E-state index contributed by atoms with van der Waals surface area (Å²) in [4.78, 5) is 27.3. The van der Waals surface area contributed by atoms with Gasteiger partial charge in [0.1, 0.15) is 6.04 Å². The third kappa shape index (κ3) is 2.99. The minimum Gasteiger partial charge on any atom is -0.467 e. The molecule has 2 fully saturated rings. The summed E-state index contributed by atoms with van der Waals surface area (Å²) in [6, 6.07) is 8.87. The molecule has 1 amide bonds. The van der Waals surface area contributed by atoms with E-state index < -0.39 is 6.04 Å². The molecule has 1 saturated heterocycles. The van der Waals surface area contributed by atoms with Gasteiger partial charge in [-0.1, -0.05) is 43.9 Å². The fourth-order valence-electron chi connectivity index (χ4n) is 4.30. The van der Waals surface area contributed by atoms with E-state index in [9.17, 15) is 9.59 Å². The van der Waals surface area contributed by atoms with Crippen LogP contribution in [-0.4, -0.2) is 35.5 Å². The van der Waals surface area contributed by atoms with Crippen molar-refractivity contribution in [3.8, 4) is 0 Å². The molecule has 0 aromatic heterocycles. The SMILES string of the molecule is COC(=O)[C@@H]1CCC2(CCCCCC2)N1C(=O)c1ccccc1. The van der Waals surface area contributed by atoms with E-state index in [4.69, 9.17) is 4.74 Å². The minimum atomic E-state index is -0.439. The molecule has 0 unspecified atom stereocenters. The van der Waals surface area contributed by atoms with Crippen LogP contribution >= 0.6 is 0 Å². The lowest BCUT2D eigenvalue weighted by Gasteiger charge is -2.40. The number of benzene rings is 1. The summed E-state index contributed by atoms with van der Waals surface area (Å²) in [6.07, 6.45) is 8.32. The maximum Gasteiger partial charge on any atom is 0.328 e. The van der Waals surface area contributed by atoms with Crippen molar-refractivity contribution in [1.29, 1.82) is 0 Å². The number of hydrogen-bond donors (Lipinski definition) is 0. The number of carbonyl (C=O) groups excluding carboxylic acids is 2. The molecular weight excluding hydrogens is 290 g/mol. The van der Waals surface area contributed by atoms with Crippen LogP contribution in [0.4, 0.5) is 0 Å². The topological polar surface area (TPSA) is 46.6 Å². The van der Waals surface area contributed by atoms with Gasteiger partial charge in [-0.25, -0.2) is 4.79 Å². The molecule has 1 saturated carbocycles. The van der Waals surface area contributed by atoms with Gasteiger partial charge in [-0.05, 0) is 37.8 Å². The number of hydrogen-bond acceptors (Lipinski definition) is 3. The molecule has 1 aromatic rings. The summed E-state index contributed by atoms with van der Waals surface area (Å²) >= 11 is 0. The monoisotopic (exact) mass is 315 g/mol. The van der Waals surface area contributed by atoms with Gasteiger partial charge in [-0.15, -0.1) is 0 Å². The first-order chi connectivity index (χ1) is 11.2. The molecule has 1 spiro atoms. The van der Waals surface area contributed by atoms with Crippen LogP contribution in [0.5, 0.6) is 0 Å². The van der Waals surface area contributed by atoms with Crippen molar-refractivity contribution < 1.29 is 14.3 Å². The van der Waals surface area contributed by atoms with Gasteiger partial charge in [0, 0.05) is 11.1 Å². The highest BCUT2D eigenvalue weighted by Crippen LogP contribution is 2.44. The molecule has 4 heteroatoms. The Morgan fingerprint density at radius 1 is 1.04 bits per heavy atom. The Bertz CT molecular complexity index is 561. The molecule has 0 N–H and O–H groups in total. The van der Waals surface area contributed by atoms with Crippen molar-refractivity contribution in [3.05, 3.63) is 35.9 Å². The fourth-order valence-corrected chi connectivity index (χ4v) is 4.30. The second kappa shape index (κ2) is 6.73. The third-order valence-electron chi connectivity index (χ3n) is 5.45. The van der Waals surface area contributed by atoms with E-state index in [2.05, 4.69) is 0 Å². The van der Waals surface area contributed by atoms with Crippen molar-refractivity contribution >= 4 is 11.9 Å². The Morgan fingerprint density at radius 3 is 2.30 bits per heavy atom. The van der Waals surface area contributed by atoms with E-state index in [-0.39, 0.29) is 17.4 Å². The second-order valence-electron chi connectivity index (χ2n) is 6.76. The Labute approximate surface area is 137 Å². The van der Waals surface area contributed by atoms with Crippen LogP contribution in [0.1, 0.15) is 61.7 Å². The summed E-state index contributed by atoms with van der Waals surface area (Å²) in [5.74, 6) is -0.309. The molecule has 23 heavy (non-hydrogen) atoms. The summed E-state index contributed by atoms with van der Waals surface area (Å²) in [6.45, 7) is 0. The molecule has 1 atom stereocenters. The molecule has 124 valence electrons. The summed E-state index contributed by atoms with van der Waals surface area (Å²) in [5.41, 5.74) is 0.495. The van der Waals surface area contributed by atoms with Crippen LogP contribution in [0, 0.1) is 0 Å². The number of carbonyl (C=O) groups is 2. The maximum atomic E-state index is 13.2. The molecule has 0 bridgehead atoms. The lowest BCUT2D eigenvalue weighted by atomic mass is 9.87. The average molecular weight is 315 g/mol. The summed E-state index contributed by atoms with van der Waals surface area (Å²) in [7, 11) is 1.41. The van der Waals surface area contributed by atoms with E-state index in [0.29, 0.717) is 12.0 Å². The van der Waals surface area contributed by atoms with E-state index >= 15 is 0 Å². The van der Waals surface area contributed by atoms with Crippen LogP contribution in [0.15, 0.2) is 30.3 Å². The molecule has 1 aliphatic carbocycles. The molecule has 3 rings (SSSR count). The van der Waals surface area contributed by atoms with Gasteiger partial charge in [0.25, 0.3) is 5.91 Å². The molecule has 1 heterocycles. The van der Waals surface area contributed by atoms with Crippen LogP contribution in [0.25, 0.3) is 0 Å². The van der Waals surface area contributed by atoms with E-state index in [0.717, 1.165) is 32.1 Å². The Hall–Kier alpha value is -1.84. The summed E-state index contributed by atoms with van der Waals surface area (Å²) < 4.78 is 4.98. The third-order valence-corrected chi connectivity index (χ3v) is 5.45. The number of esters is 1. The first-order valence-electron chi connectivity index (χ1n) is 8.64. The first kappa shape index (κ1) is 16.0. The summed E-state index contributed by atoms with van der Waals surface area (Å²) in [5, 5.41) is 0. The zero-order valence-electron chi connectivity index (χ0n) is 13.8. The zero-order valence-corrected chi connectivity index (χ0v) is 13.8. The van der Waals surface area contributed by atoms with E-state index in [1.54, 1.807) is 0 Å². The van der Waals surface area contributed by atoms with Crippen LogP contribution in [0.2, 0.25) is 0 Å². The minimum absolute atomic E-state index is 0.0274. The number of methoxy groups -OCH3 is 1. The highest BCUT2D eigenvalue weighted by molar-refractivity contribution is 5.97. The van der Waals surface area contributed by atoms with Crippen LogP contribution in [-0.2, 0) is 9.53 Å². The zero-order chi connectivity index (χ0) is 16.3. The molecule has 0 radical (unpaired) electrons. The number of nitrogens with zero attached hydrogens (tertiary/aromatic N) is 1. The highest BCUT2D eigenvalue weighted by Gasteiger charge is 2.51. The van der Waals surface area contributed by atoms with Gasteiger partial charge in [0.05, 0.1) is 7.11 Å². The predicted molar refractivity (Wildman–Crippen MR) is 88.1 cm³/mol. The standard InChI is InChI=1S/C19H25NO3/c1-23-18(22)16-11-14-19(12-7-2-3-8-13-19)20(16)17(21)15-9-5-4-6-10-15/h4-6,9-10,16H,2-3,7-8,11-14H2,1H3/t16-/m0/s1. The van der Waals surface area contributed by atoms with Gasteiger partial charge in [-0.3, -0.25) is 4.79 Å². The lowest BCUT2D eigenvalue weighted by Crippen LogP contribution is -2.53. The fraction of sp³-hybridized carbons (Fsp3) is 0.579. The van der Waals surface area contributed by atoms with Gasteiger partial charge in [0.2, 0.25) is 0 Å². The van der Waals surface area contributed by atoms with Crippen LogP contribution in [0.3, 0.4) is 0 Å². The van der Waals surface area contributed by atoms with Gasteiger partial charge < -0.3 is 9.64 Å². The first-order valence-corrected chi connectivity index (χ1v) is 8.64. The highest BCUT2D eigenvalue weighted by atomic mass is 16.5. The van der Waals surface area contributed by atoms with Crippen molar-refractivity contribution in [2.45, 2.75) is 62.9 Å². The lowest BCUT2D eigenvalue weighted by molar-refractivity contribution is -0.146. The second-order valence-corrected chi connectivity index (χ2v) is 6.76. The number of rotatable bonds is 2. The van der Waals surface area contributed by atoms with Crippen molar-refractivity contribution in [2.24, 2.45) is 0 Å². The van der Waals surface area contributed by atoms with Gasteiger partial charge in [-0.2, -0.15) is 0 Å². The maximum absolute atomic E-state index is 13.2. The normalized spacial score (nSPS) is 23.5. The molecule has 1 aromatic carbocycles. The van der Waals surface area contributed by atoms with E-state index in [1.807, 2.05) is 35.2 Å². The number of amides is 1. The molecule has 2 aliphatic rings. The van der Waals surface area contributed by atoms with Gasteiger partial charge in [0.15, 0.2) is 0 Å². The quantitative estimate of drug-likeness (QED) is 0.784. The van der Waals surface area contributed by atoms with Crippen LogP contribution < -0.4 is 0 Å². The Morgan fingerprint density at radius 2 is 1.70 bits per heavy atom.